The summed E-state index contributed by atoms with van der Waals surface area (Å²) in [6.07, 6.45) is 0. The Morgan fingerprint density at radius 1 is 0.920 bits per heavy atom. The molecule has 0 bridgehead atoms. The van der Waals surface area contributed by atoms with Crippen LogP contribution in [-0.2, 0) is 4.79 Å². The van der Waals surface area contributed by atoms with Crippen LogP contribution in [0.1, 0.15) is 17.3 Å². The van der Waals surface area contributed by atoms with Gasteiger partial charge in [-0.15, -0.1) is 0 Å². The van der Waals surface area contributed by atoms with Gasteiger partial charge in [0.15, 0.2) is 0 Å². The standard InChI is InChI=1S/C19H15BrN2O3/c1-11(23)21-12-6-8-13(9-7-12)22-19(25)16-10-17(20)14-4-2-3-5-15(14)18(16)24/h2-10,24H,1H3,(H,21,23)(H,22,25). The van der Waals surface area contributed by atoms with Gasteiger partial charge in [0.25, 0.3) is 5.91 Å². The Hall–Kier alpha value is -2.86. The van der Waals surface area contributed by atoms with Gasteiger partial charge in [0.05, 0.1) is 5.56 Å². The van der Waals surface area contributed by atoms with E-state index in [1.54, 1.807) is 42.5 Å². The van der Waals surface area contributed by atoms with Crippen molar-refractivity contribution in [2.75, 3.05) is 10.6 Å². The number of hydrogen-bond donors (Lipinski definition) is 3. The first-order valence-electron chi connectivity index (χ1n) is 7.55. The Morgan fingerprint density at radius 3 is 2.08 bits per heavy atom. The van der Waals surface area contributed by atoms with Crippen molar-refractivity contribution in [3.8, 4) is 5.75 Å². The molecule has 0 aliphatic rings. The van der Waals surface area contributed by atoms with Crippen LogP contribution in [0.25, 0.3) is 10.8 Å². The van der Waals surface area contributed by atoms with Crippen LogP contribution in [0.3, 0.4) is 0 Å². The highest BCUT2D eigenvalue weighted by atomic mass is 79.9. The minimum Gasteiger partial charge on any atom is -0.506 e. The molecule has 0 saturated carbocycles. The van der Waals surface area contributed by atoms with Gasteiger partial charge in [0.1, 0.15) is 5.75 Å². The lowest BCUT2D eigenvalue weighted by molar-refractivity contribution is -0.114. The molecule has 0 radical (unpaired) electrons. The van der Waals surface area contributed by atoms with Crippen molar-refractivity contribution in [3.05, 3.63) is 64.6 Å². The van der Waals surface area contributed by atoms with Gasteiger partial charge in [-0.3, -0.25) is 9.59 Å². The van der Waals surface area contributed by atoms with Crippen molar-refractivity contribution >= 4 is 49.9 Å². The zero-order valence-electron chi connectivity index (χ0n) is 13.3. The maximum atomic E-state index is 12.5. The van der Waals surface area contributed by atoms with E-state index in [1.165, 1.54) is 6.92 Å². The van der Waals surface area contributed by atoms with Crippen LogP contribution in [0, 0.1) is 0 Å². The van der Waals surface area contributed by atoms with Gasteiger partial charge >= 0.3 is 0 Å². The van der Waals surface area contributed by atoms with Gasteiger partial charge in [0, 0.05) is 28.2 Å². The number of aromatic hydroxyl groups is 1. The Labute approximate surface area is 152 Å². The van der Waals surface area contributed by atoms with Crippen molar-refractivity contribution in [2.45, 2.75) is 6.92 Å². The van der Waals surface area contributed by atoms with Crippen molar-refractivity contribution in [3.63, 3.8) is 0 Å². The Balaban J connectivity index is 1.87. The SMILES string of the molecule is CC(=O)Nc1ccc(NC(=O)c2cc(Br)c3ccccc3c2O)cc1. The average Bonchev–Trinajstić information content (AvgIpc) is 2.59. The molecule has 126 valence electrons. The summed E-state index contributed by atoms with van der Waals surface area (Å²) >= 11 is 3.44. The number of halogens is 1. The highest BCUT2D eigenvalue weighted by Crippen LogP contribution is 2.34. The van der Waals surface area contributed by atoms with Gasteiger partial charge < -0.3 is 15.7 Å². The molecule has 0 aliphatic heterocycles. The molecular formula is C19H15BrN2O3. The number of carbonyl (C=O) groups excluding carboxylic acids is 2. The predicted molar refractivity (Wildman–Crippen MR) is 102 cm³/mol. The normalized spacial score (nSPS) is 10.5. The van der Waals surface area contributed by atoms with Crippen LogP contribution >= 0.6 is 15.9 Å². The van der Waals surface area contributed by atoms with Gasteiger partial charge in [-0.1, -0.05) is 40.2 Å². The summed E-state index contributed by atoms with van der Waals surface area (Å²) < 4.78 is 0.729. The maximum absolute atomic E-state index is 12.5. The second kappa shape index (κ2) is 6.94. The third-order valence-corrected chi connectivity index (χ3v) is 4.33. The number of hydrogen-bond acceptors (Lipinski definition) is 3. The predicted octanol–water partition coefficient (Wildman–Crippen LogP) is 4.52. The summed E-state index contributed by atoms with van der Waals surface area (Å²) in [5.74, 6) is -0.648. The van der Waals surface area contributed by atoms with Crippen LogP contribution < -0.4 is 10.6 Å². The van der Waals surface area contributed by atoms with Crippen molar-refractivity contribution in [1.82, 2.24) is 0 Å². The molecule has 2 amide bonds. The molecule has 0 aromatic heterocycles. The van der Waals surface area contributed by atoms with Gasteiger partial charge in [-0.05, 0) is 35.7 Å². The summed E-state index contributed by atoms with van der Waals surface area (Å²) in [5.41, 5.74) is 1.38. The summed E-state index contributed by atoms with van der Waals surface area (Å²) in [7, 11) is 0. The van der Waals surface area contributed by atoms with E-state index in [4.69, 9.17) is 0 Å². The minimum absolute atomic E-state index is 0.0637. The molecule has 0 saturated heterocycles. The Kier molecular flexibility index (Phi) is 4.72. The second-order valence-electron chi connectivity index (χ2n) is 5.51. The van der Waals surface area contributed by atoms with Crippen LogP contribution in [0.2, 0.25) is 0 Å². The van der Waals surface area contributed by atoms with Crippen molar-refractivity contribution in [1.29, 1.82) is 0 Å². The lowest BCUT2D eigenvalue weighted by atomic mass is 10.0. The van der Waals surface area contributed by atoms with E-state index in [0.717, 1.165) is 9.86 Å². The summed E-state index contributed by atoms with van der Waals surface area (Å²) in [6.45, 7) is 1.43. The number of phenolic OH excluding ortho intramolecular Hbond substituents is 1. The first-order valence-corrected chi connectivity index (χ1v) is 8.34. The summed E-state index contributed by atoms with van der Waals surface area (Å²) in [6, 6.07) is 15.6. The zero-order valence-corrected chi connectivity index (χ0v) is 14.9. The molecule has 0 fully saturated rings. The molecule has 3 rings (SSSR count). The van der Waals surface area contributed by atoms with E-state index in [9.17, 15) is 14.7 Å². The molecule has 5 nitrogen and oxygen atoms in total. The van der Waals surface area contributed by atoms with E-state index in [2.05, 4.69) is 26.6 Å². The van der Waals surface area contributed by atoms with Crippen LogP contribution in [-0.4, -0.2) is 16.9 Å². The van der Waals surface area contributed by atoms with Gasteiger partial charge in [-0.25, -0.2) is 0 Å². The molecule has 3 N–H and O–H groups in total. The van der Waals surface area contributed by atoms with E-state index in [0.29, 0.717) is 16.8 Å². The van der Waals surface area contributed by atoms with Crippen LogP contribution in [0.5, 0.6) is 5.75 Å². The lowest BCUT2D eigenvalue weighted by Crippen LogP contribution is -2.12. The molecule has 0 unspecified atom stereocenters. The largest absolute Gasteiger partial charge is 0.506 e. The minimum atomic E-state index is -0.420. The first kappa shape index (κ1) is 17.0. The monoisotopic (exact) mass is 398 g/mol. The number of anilines is 2. The fourth-order valence-corrected chi connectivity index (χ4v) is 3.10. The average molecular weight is 399 g/mol. The number of fused-ring (bicyclic) bond motifs is 1. The molecule has 0 spiro atoms. The second-order valence-corrected chi connectivity index (χ2v) is 6.37. The molecule has 3 aromatic rings. The number of amides is 2. The third-order valence-electron chi connectivity index (χ3n) is 3.67. The van der Waals surface area contributed by atoms with Crippen LogP contribution in [0.4, 0.5) is 11.4 Å². The molecular weight excluding hydrogens is 384 g/mol. The number of carbonyl (C=O) groups is 2. The molecule has 25 heavy (non-hydrogen) atoms. The summed E-state index contributed by atoms with van der Waals surface area (Å²) in [5, 5.41) is 17.3. The lowest BCUT2D eigenvalue weighted by Gasteiger charge is -2.11. The first-order chi connectivity index (χ1) is 12.0. The Morgan fingerprint density at radius 2 is 1.48 bits per heavy atom. The maximum Gasteiger partial charge on any atom is 0.259 e. The quantitative estimate of drug-likeness (QED) is 0.606. The molecule has 0 atom stereocenters. The highest BCUT2D eigenvalue weighted by molar-refractivity contribution is 9.10. The number of benzene rings is 3. The molecule has 0 heterocycles. The van der Waals surface area contributed by atoms with Gasteiger partial charge in [-0.2, -0.15) is 0 Å². The van der Waals surface area contributed by atoms with E-state index >= 15 is 0 Å². The highest BCUT2D eigenvalue weighted by Gasteiger charge is 2.16. The smallest absolute Gasteiger partial charge is 0.259 e. The van der Waals surface area contributed by atoms with E-state index in [1.807, 2.05) is 12.1 Å². The number of rotatable bonds is 3. The number of nitrogens with one attached hydrogen (secondary N) is 2. The van der Waals surface area contributed by atoms with E-state index in [-0.39, 0.29) is 17.2 Å². The zero-order chi connectivity index (χ0) is 18.0. The number of phenols is 1. The fraction of sp³-hybridized carbons (Fsp3) is 0.0526. The van der Waals surface area contributed by atoms with Crippen molar-refractivity contribution in [2.24, 2.45) is 0 Å². The fourth-order valence-electron chi connectivity index (χ4n) is 2.53. The third kappa shape index (κ3) is 3.64. The van der Waals surface area contributed by atoms with Crippen LogP contribution in [0.15, 0.2) is 59.1 Å². The molecule has 6 heteroatoms. The van der Waals surface area contributed by atoms with Crippen molar-refractivity contribution < 1.29 is 14.7 Å². The topological polar surface area (TPSA) is 78.4 Å². The molecule has 3 aromatic carbocycles. The Bertz CT molecular complexity index is 968. The summed E-state index contributed by atoms with van der Waals surface area (Å²) in [4.78, 5) is 23.6. The van der Waals surface area contributed by atoms with E-state index < -0.39 is 5.91 Å². The van der Waals surface area contributed by atoms with Gasteiger partial charge in [0.2, 0.25) is 5.91 Å². The molecule has 0 aliphatic carbocycles.